The van der Waals surface area contributed by atoms with Gasteiger partial charge < -0.3 is 9.15 Å². The number of hydrogen-bond donors (Lipinski definition) is 0. The molecular formula is C11H11O2. The number of aryl methyl sites for hydroxylation is 1. The Bertz CT molecular complexity index is 415. The fourth-order valence-corrected chi connectivity index (χ4v) is 1.41. The molecule has 0 amide bonds. The normalized spacial score (nSPS) is 10.6. The summed E-state index contributed by atoms with van der Waals surface area (Å²) in [5, 5.41) is 2.01. The Kier molecular flexibility index (Phi) is 1.97. The van der Waals surface area contributed by atoms with Crippen LogP contribution < -0.4 is 4.74 Å². The summed E-state index contributed by atoms with van der Waals surface area (Å²) in [6.45, 7) is 4.59. The highest BCUT2D eigenvalue weighted by Crippen LogP contribution is 2.29. The highest BCUT2D eigenvalue weighted by molar-refractivity contribution is 5.88. The van der Waals surface area contributed by atoms with Crippen LogP contribution in [0.3, 0.4) is 0 Å². The van der Waals surface area contributed by atoms with Gasteiger partial charge in [-0.2, -0.15) is 0 Å². The molecule has 0 aliphatic rings. The zero-order valence-electron chi connectivity index (χ0n) is 7.76. The van der Waals surface area contributed by atoms with Crippen LogP contribution in [-0.2, 0) is 0 Å². The van der Waals surface area contributed by atoms with Crippen LogP contribution in [0.5, 0.6) is 5.95 Å². The standard InChI is InChI=1S/C11H11O2/c1-3-12-11-10-8(2)5-4-6-9(10)7-13-11/h4-6H,3H2,1-2H3. The molecule has 0 aliphatic heterocycles. The molecule has 0 saturated carbocycles. The van der Waals surface area contributed by atoms with Crippen LogP contribution in [0.25, 0.3) is 10.8 Å². The number of fused-ring (bicyclic) bond motifs is 1. The van der Waals surface area contributed by atoms with E-state index in [4.69, 9.17) is 9.15 Å². The van der Waals surface area contributed by atoms with Gasteiger partial charge in [0.15, 0.2) is 6.26 Å². The predicted octanol–water partition coefficient (Wildman–Crippen LogP) is 2.94. The molecule has 1 aromatic carbocycles. The van der Waals surface area contributed by atoms with E-state index in [9.17, 15) is 0 Å². The third-order valence-corrected chi connectivity index (χ3v) is 2.01. The number of rotatable bonds is 2. The van der Waals surface area contributed by atoms with E-state index < -0.39 is 0 Å². The molecule has 1 heterocycles. The number of ether oxygens (including phenoxy) is 1. The van der Waals surface area contributed by atoms with E-state index in [1.165, 1.54) is 0 Å². The summed E-state index contributed by atoms with van der Waals surface area (Å²) in [4.78, 5) is 0. The third kappa shape index (κ3) is 1.28. The van der Waals surface area contributed by atoms with Gasteiger partial charge in [-0.3, -0.25) is 0 Å². The molecule has 0 saturated heterocycles. The minimum absolute atomic E-state index is 0.579. The Balaban J connectivity index is 2.64. The molecule has 0 spiro atoms. The van der Waals surface area contributed by atoms with Gasteiger partial charge in [-0.15, -0.1) is 0 Å². The lowest BCUT2D eigenvalue weighted by molar-refractivity contribution is 0.260. The van der Waals surface area contributed by atoms with Crippen molar-refractivity contribution in [3.63, 3.8) is 0 Å². The van der Waals surface area contributed by atoms with Gasteiger partial charge in [-0.1, -0.05) is 18.2 Å². The Labute approximate surface area is 77.1 Å². The van der Waals surface area contributed by atoms with E-state index >= 15 is 0 Å². The van der Waals surface area contributed by atoms with Gasteiger partial charge in [0.2, 0.25) is 0 Å². The first-order valence-corrected chi connectivity index (χ1v) is 4.35. The molecule has 0 bridgehead atoms. The lowest BCUT2D eigenvalue weighted by atomic mass is 10.1. The van der Waals surface area contributed by atoms with Crippen molar-refractivity contribution in [2.45, 2.75) is 13.8 Å². The van der Waals surface area contributed by atoms with Gasteiger partial charge in [0, 0.05) is 5.39 Å². The van der Waals surface area contributed by atoms with Crippen LogP contribution in [0.2, 0.25) is 0 Å². The maximum absolute atomic E-state index is 5.34. The van der Waals surface area contributed by atoms with Gasteiger partial charge in [0.05, 0.1) is 12.0 Å². The van der Waals surface area contributed by atoms with Gasteiger partial charge in [-0.25, -0.2) is 0 Å². The summed E-state index contributed by atoms with van der Waals surface area (Å²) >= 11 is 0. The number of hydrogen-bond acceptors (Lipinski definition) is 2. The zero-order valence-corrected chi connectivity index (χ0v) is 7.76. The highest BCUT2D eigenvalue weighted by Gasteiger charge is 2.08. The van der Waals surface area contributed by atoms with Crippen molar-refractivity contribution >= 4 is 10.8 Å². The zero-order chi connectivity index (χ0) is 9.26. The Morgan fingerprint density at radius 3 is 3.08 bits per heavy atom. The monoisotopic (exact) mass is 175 g/mol. The first-order chi connectivity index (χ1) is 6.33. The number of furan rings is 1. The third-order valence-electron chi connectivity index (χ3n) is 2.01. The average molecular weight is 175 g/mol. The van der Waals surface area contributed by atoms with E-state index in [-0.39, 0.29) is 0 Å². The predicted molar refractivity (Wildman–Crippen MR) is 51.0 cm³/mol. The van der Waals surface area contributed by atoms with E-state index in [0.29, 0.717) is 12.6 Å². The minimum atomic E-state index is 0.579. The maximum atomic E-state index is 5.34. The lowest BCUT2D eigenvalue weighted by Gasteiger charge is -1.99. The summed E-state index contributed by atoms with van der Waals surface area (Å²) in [5.41, 5.74) is 1.16. The molecule has 2 heteroatoms. The molecule has 0 atom stereocenters. The van der Waals surface area contributed by atoms with Gasteiger partial charge in [0.25, 0.3) is 5.95 Å². The number of benzene rings is 1. The molecule has 2 rings (SSSR count). The Morgan fingerprint density at radius 1 is 1.46 bits per heavy atom. The molecule has 1 radical (unpaired) electrons. The van der Waals surface area contributed by atoms with Crippen molar-refractivity contribution in [3.05, 3.63) is 30.0 Å². The molecule has 0 aliphatic carbocycles. The molecule has 1 aromatic heterocycles. The van der Waals surface area contributed by atoms with Crippen LogP contribution in [0.15, 0.2) is 22.6 Å². The first kappa shape index (κ1) is 8.17. The quantitative estimate of drug-likeness (QED) is 0.700. The Hall–Kier alpha value is -1.44. The Morgan fingerprint density at radius 2 is 2.31 bits per heavy atom. The second-order valence-corrected chi connectivity index (χ2v) is 2.92. The minimum Gasteiger partial charge on any atom is -0.465 e. The SMILES string of the molecule is CCOc1o[c]c2cccc(C)c12. The topological polar surface area (TPSA) is 22.4 Å². The molecule has 0 unspecified atom stereocenters. The smallest absolute Gasteiger partial charge is 0.293 e. The molecule has 0 fully saturated rings. The summed E-state index contributed by atoms with van der Waals surface area (Å²) in [6, 6.07) is 5.99. The van der Waals surface area contributed by atoms with Crippen LogP contribution in [0.4, 0.5) is 0 Å². The highest BCUT2D eigenvalue weighted by atomic mass is 16.6. The van der Waals surface area contributed by atoms with Gasteiger partial charge >= 0.3 is 0 Å². The fourth-order valence-electron chi connectivity index (χ4n) is 1.41. The van der Waals surface area contributed by atoms with Crippen molar-refractivity contribution in [2.24, 2.45) is 0 Å². The second-order valence-electron chi connectivity index (χ2n) is 2.92. The van der Waals surface area contributed by atoms with Crippen molar-refractivity contribution < 1.29 is 9.15 Å². The van der Waals surface area contributed by atoms with E-state index in [1.54, 1.807) is 0 Å². The van der Waals surface area contributed by atoms with E-state index in [2.05, 4.69) is 6.26 Å². The van der Waals surface area contributed by atoms with E-state index in [1.807, 2.05) is 32.0 Å². The van der Waals surface area contributed by atoms with Gasteiger partial charge in [0.1, 0.15) is 0 Å². The second kappa shape index (κ2) is 3.13. The van der Waals surface area contributed by atoms with Crippen LogP contribution in [0.1, 0.15) is 12.5 Å². The molecule has 13 heavy (non-hydrogen) atoms. The summed E-state index contributed by atoms with van der Waals surface area (Å²) in [6.07, 6.45) is 2.81. The van der Waals surface area contributed by atoms with Crippen LogP contribution in [-0.4, -0.2) is 6.61 Å². The molecular weight excluding hydrogens is 164 g/mol. The van der Waals surface area contributed by atoms with Crippen molar-refractivity contribution in [1.29, 1.82) is 0 Å². The molecule has 0 N–H and O–H groups in total. The van der Waals surface area contributed by atoms with Gasteiger partial charge in [-0.05, 0) is 19.4 Å². The lowest BCUT2D eigenvalue weighted by Crippen LogP contribution is -1.90. The van der Waals surface area contributed by atoms with Crippen LogP contribution >= 0.6 is 0 Å². The molecule has 2 nitrogen and oxygen atoms in total. The summed E-state index contributed by atoms with van der Waals surface area (Å²) in [5.74, 6) is 0.579. The fraction of sp³-hybridized carbons (Fsp3) is 0.273. The summed E-state index contributed by atoms with van der Waals surface area (Å²) < 4.78 is 10.5. The van der Waals surface area contributed by atoms with E-state index in [0.717, 1.165) is 16.3 Å². The first-order valence-electron chi connectivity index (χ1n) is 4.35. The summed E-state index contributed by atoms with van der Waals surface area (Å²) in [7, 11) is 0. The average Bonchev–Trinajstić information content (AvgIpc) is 2.51. The van der Waals surface area contributed by atoms with Crippen molar-refractivity contribution in [2.75, 3.05) is 6.61 Å². The molecule has 67 valence electrons. The largest absolute Gasteiger partial charge is 0.465 e. The van der Waals surface area contributed by atoms with Crippen LogP contribution in [0, 0.1) is 13.2 Å². The van der Waals surface area contributed by atoms with Crippen molar-refractivity contribution in [3.8, 4) is 5.95 Å². The molecule has 2 aromatic rings. The maximum Gasteiger partial charge on any atom is 0.293 e. The van der Waals surface area contributed by atoms with Crippen molar-refractivity contribution in [1.82, 2.24) is 0 Å².